The Morgan fingerprint density at radius 1 is 1.18 bits per heavy atom. The number of methoxy groups -OCH3 is 1. The molecule has 0 unspecified atom stereocenters. The highest BCUT2D eigenvalue weighted by atomic mass is 32.1. The molecular formula is C26H31N3O3S. The van der Waals surface area contributed by atoms with Crippen LogP contribution in [0.1, 0.15) is 35.1 Å². The van der Waals surface area contributed by atoms with Crippen LogP contribution in [-0.2, 0) is 17.8 Å². The van der Waals surface area contributed by atoms with Gasteiger partial charge in [0.05, 0.1) is 19.8 Å². The molecule has 4 rings (SSSR count). The number of aromatic nitrogens is 1. The van der Waals surface area contributed by atoms with Crippen molar-refractivity contribution in [2.24, 2.45) is 0 Å². The van der Waals surface area contributed by atoms with Crippen LogP contribution in [-0.4, -0.2) is 41.4 Å². The predicted molar refractivity (Wildman–Crippen MR) is 136 cm³/mol. The Morgan fingerprint density at radius 3 is 2.64 bits per heavy atom. The van der Waals surface area contributed by atoms with Crippen LogP contribution in [0.15, 0.2) is 47.3 Å². The first-order chi connectivity index (χ1) is 15.9. The average Bonchev–Trinajstić information content (AvgIpc) is 3.33. The van der Waals surface area contributed by atoms with Gasteiger partial charge in [0, 0.05) is 30.8 Å². The lowest BCUT2D eigenvalue weighted by Gasteiger charge is -2.27. The maximum absolute atomic E-state index is 12.9. The summed E-state index contributed by atoms with van der Waals surface area (Å²) in [4.78, 5) is 18.0. The van der Waals surface area contributed by atoms with Crippen LogP contribution >= 0.6 is 12.2 Å². The summed E-state index contributed by atoms with van der Waals surface area (Å²) in [7, 11) is 1.65. The fourth-order valence-corrected chi connectivity index (χ4v) is 4.33. The van der Waals surface area contributed by atoms with Crippen LogP contribution in [0.3, 0.4) is 0 Å². The zero-order valence-corrected chi connectivity index (χ0v) is 20.3. The predicted octanol–water partition coefficient (Wildman–Crippen LogP) is 4.21. The Kier molecular flexibility index (Phi) is 7.30. The first kappa shape index (κ1) is 23.3. The summed E-state index contributed by atoms with van der Waals surface area (Å²) in [6, 6.07) is 14.0. The number of pyridine rings is 1. The molecule has 1 fully saturated rings. The Bertz CT molecular complexity index is 1180. The first-order valence-corrected chi connectivity index (χ1v) is 11.7. The first-order valence-electron chi connectivity index (χ1n) is 11.3. The summed E-state index contributed by atoms with van der Waals surface area (Å²) in [6.07, 6.45) is 2.30. The van der Waals surface area contributed by atoms with Gasteiger partial charge in [-0.15, -0.1) is 0 Å². The maximum Gasteiger partial charge on any atom is 0.253 e. The number of aromatic amines is 1. The van der Waals surface area contributed by atoms with Gasteiger partial charge in [0.25, 0.3) is 5.56 Å². The Morgan fingerprint density at radius 2 is 1.94 bits per heavy atom. The van der Waals surface area contributed by atoms with E-state index in [1.165, 1.54) is 5.56 Å². The molecule has 3 aromatic rings. The molecule has 0 spiro atoms. The zero-order valence-electron chi connectivity index (χ0n) is 19.4. The molecule has 174 valence electrons. The van der Waals surface area contributed by atoms with Gasteiger partial charge in [0.1, 0.15) is 5.75 Å². The molecule has 0 aliphatic carbocycles. The summed E-state index contributed by atoms with van der Waals surface area (Å²) >= 11 is 5.76. The van der Waals surface area contributed by atoms with Gasteiger partial charge < -0.3 is 24.7 Å². The quantitative estimate of drug-likeness (QED) is 0.510. The topological polar surface area (TPSA) is 66.6 Å². The number of rotatable bonds is 7. The molecule has 0 amide bonds. The fourth-order valence-electron chi connectivity index (χ4n) is 4.11. The molecule has 7 heteroatoms. The van der Waals surface area contributed by atoms with E-state index in [1.807, 2.05) is 41.3 Å². The van der Waals surface area contributed by atoms with Crippen LogP contribution in [0.4, 0.5) is 0 Å². The van der Waals surface area contributed by atoms with Gasteiger partial charge in [0.2, 0.25) is 0 Å². The molecule has 0 saturated carbocycles. The highest BCUT2D eigenvalue weighted by Crippen LogP contribution is 2.19. The maximum atomic E-state index is 12.9. The largest absolute Gasteiger partial charge is 0.497 e. The molecule has 2 heterocycles. The molecule has 1 saturated heterocycles. The van der Waals surface area contributed by atoms with Gasteiger partial charge in [-0.1, -0.05) is 12.1 Å². The van der Waals surface area contributed by atoms with Crippen molar-refractivity contribution in [2.45, 2.75) is 45.9 Å². The standard InChI is InChI=1S/C26H31N3O3S/c1-17-11-20-13-21(25(30)28-24(20)12-18(17)2)16-29(15-19-6-8-22(31-3)9-7-19)26(33)27-14-23-5-4-10-32-23/h6-9,11-13,23H,4-5,10,14-16H2,1-3H3,(H,27,33)(H,28,30)/t23-/m1/s1. The molecule has 1 aliphatic heterocycles. The monoisotopic (exact) mass is 465 g/mol. The van der Waals surface area contributed by atoms with Crippen molar-refractivity contribution in [3.8, 4) is 5.75 Å². The second kappa shape index (κ2) is 10.4. The van der Waals surface area contributed by atoms with E-state index in [9.17, 15) is 4.79 Å². The Labute approximate surface area is 199 Å². The van der Waals surface area contributed by atoms with Gasteiger partial charge >= 0.3 is 0 Å². The summed E-state index contributed by atoms with van der Waals surface area (Å²) in [5, 5.41) is 4.99. The van der Waals surface area contributed by atoms with Gasteiger partial charge in [-0.2, -0.15) is 0 Å². The highest BCUT2D eigenvalue weighted by molar-refractivity contribution is 7.80. The molecular weight excluding hydrogens is 434 g/mol. The number of aryl methyl sites for hydroxylation is 2. The Balaban J connectivity index is 1.58. The Hall–Kier alpha value is -2.90. The molecule has 1 atom stereocenters. The second-order valence-electron chi connectivity index (χ2n) is 8.67. The third-order valence-corrected chi connectivity index (χ3v) is 6.62. The smallest absolute Gasteiger partial charge is 0.253 e. The van der Waals surface area contributed by atoms with Crippen molar-refractivity contribution in [3.63, 3.8) is 0 Å². The van der Waals surface area contributed by atoms with E-state index in [-0.39, 0.29) is 11.7 Å². The summed E-state index contributed by atoms with van der Waals surface area (Å²) in [5.74, 6) is 0.807. The number of thiocarbonyl (C=S) groups is 1. The van der Waals surface area contributed by atoms with Gasteiger partial charge in [-0.3, -0.25) is 4.79 Å². The van der Waals surface area contributed by atoms with Crippen molar-refractivity contribution >= 4 is 28.2 Å². The lowest BCUT2D eigenvalue weighted by Crippen LogP contribution is -2.42. The summed E-state index contributed by atoms with van der Waals surface area (Å²) in [6.45, 7) is 6.59. The van der Waals surface area contributed by atoms with Crippen LogP contribution in [0.25, 0.3) is 10.9 Å². The van der Waals surface area contributed by atoms with Crippen molar-refractivity contribution in [2.75, 3.05) is 20.3 Å². The van der Waals surface area contributed by atoms with E-state index in [4.69, 9.17) is 21.7 Å². The molecule has 6 nitrogen and oxygen atoms in total. The van der Waals surface area contributed by atoms with Crippen LogP contribution in [0.2, 0.25) is 0 Å². The van der Waals surface area contributed by atoms with Gasteiger partial charge in [-0.05, 0) is 91.3 Å². The average molecular weight is 466 g/mol. The van der Waals surface area contributed by atoms with E-state index >= 15 is 0 Å². The number of ether oxygens (including phenoxy) is 2. The molecule has 2 aromatic carbocycles. The summed E-state index contributed by atoms with van der Waals surface area (Å²) < 4.78 is 11.0. The third kappa shape index (κ3) is 5.72. The van der Waals surface area contributed by atoms with Crippen molar-refractivity contribution in [1.29, 1.82) is 0 Å². The van der Waals surface area contributed by atoms with Crippen molar-refractivity contribution < 1.29 is 9.47 Å². The fraction of sp³-hybridized carbons (Fsp3) is 0.385. The van der Waals surface area contributed by atoms with Gasteiger partial charge in [0.15, 0.2) is 5.11 Å². The third-order valence-electron chi connectivity index (χ3n) is 6.22. The normalized spacial score (nSPS) is 15.5. The van der Waals surface area contributed by atoms with E-state index in [1.54, 1.807) is 7.11 Å². The van der Waals surface area contributed by atoms with E-state index in [0.717, 1.165) is 47.2 Å². The molecule has 2 N–H and O–H groups in total. The van der Waals surface area contributed by atoms with Crippen molar-refractivity contribution in [1.82, 2.24) is 15.2 Å². The summed E-state index contributed by atoms with van der Waals surface area (Å²) in [5.41, 5.74) is 4.89. The minimum atomic E-state index is -0.0904. The van der Waals surface area contributed by atoms with Gasteiger partial charge in [-0.25, -0.2) is 0 Å². The molecule has 33 heavy (non-hydrogen) atoms. The minimum absolute atomic E-state index is 0.0904. The molecule has 1 aromatic heterocycles. The van der Waals surface area contributed by atoms with E-state index in [0.29, 0.717) is 30.3 Å². The number of H-pyrrole nitrogens is 1. The number of fused-ring (bicyclic) bond motifs is 1. The van der Waals surface area contributed by atoms with Crippen LogP contribution < -0.4 is 15.6 Å². The van der Waals surface area contributed by atoms with Crippen molar-refractivity contribution in [3.05, 3.63) is 75.1 Å². The number of hydrogen-bond donors (Lipinski definition) is 2. The minimum Gasteiger partial charge on any atom is -0.497 e. The van der Waals surface area contributed by atoms with Crippen LogP contribution in [0.5, 0.6) is 5.75 Å². The number of benzene rings is 2. The van der Waals surface area contributed by atoms with Crippen LogP contribution in [0, 0.1) is 13.8 Å². The highest BCUT2D eigenvalue weighted by Gasteiger charge is 2.19. The number of nitrogens with zero attached hydrogens (tertiary/aromatic N) is 1. The number of nitrogens with one attached hydrogen (secondary N) is 2. The second-order valence-corrected chi connectivity index (χ2v) is 9.06. The SMILES string of the molecule is COc1ccc(CN(Cc2cc3cc(C)c(C)cc3[nH]c2=O)C(=S)NC[C@H]2CCCO2)cc1. The lowest BCUT2D eigenvalue weighted by atomic mass is 10.0. The number of hydrogen-bond acceptors (Lipinski definition) is 4. The molecule has 1 aliphatic rings. The molecule has 0 radical (unpaired) electrons. The van der Waals surface area contributed by atoms with E-state index < -0.39 is 0 Å². The zero-order chi connectivity index (χ0) is 23.4. The molecule has 0 bridgehead atoms. The lowest BCUT2D eigenvalue weighted by molar-refractivity contribution is 0.113. The van der Waals surface area contributed by atoms with E-state index in [2.05, 4.69) is 30.2 Å².